The average molecular weight is 550 g/mol. The van der Waals surface area contributed by atoms with Crippen LogP contribution < -0.4 is 33.2 Å². The zero-order valence-corrected chi connectivity index (χ0v) is 23.7. The Balaban J connectivity index is 1.64. The summed E-state index contributed by atoms with van der Waals surface area (Å²) in [5.41, 5.74) is 2.77. The molecule has 4 rings (SSSR count). The van der Waals surface area contributed by atoms with E-state index in [-0.39, 0.29) is 18.6 Å². The van der Waals surface area contributed by atoms with E-state index in [1.807, 2.05) is 41.3 Å². The molecular formula is C31H35NO8. The number of carbonyl (C=O) groups is 1. The van der Waals surface area contributed by atoms with Crippen molar-refractivity contribution in [3.8, 4) is 40.2 Å². The molecule has 40 heavy (non-hydrogen) atoms. The Morgan fingerprint density at radius 3 is 1.95 bits per heavy atom. The predicted octanol–water partition coefficient (Wildman–Crippen LogP) is 4.96. The van der Waals surface area contributed by atoms with E-state index >= 15 is 0 Å². The van der Waals surface area contributed by atoms with E-state index in [1.54, 1.807) is 66.9 Å². The van der Waals surface area contributed by atoms with Crippen LogP contribution in [-0.2, 0) is 11.2 Å². The van der Waals surface area contributed by atoms with Gasteiger partial charge in [-0.25, -0.2) is 0 Å². The minimum absolute atomic E-state index is 0.155. The van der Waals surface area contributed by atoms with Gasteiger partial charge in [-0.3, -0.25) is 4.79 Å². The van der Waals surface area contributed by atoms with Gasteiger partial charge in [-0.1, -0.05) is 0 Å². The van der Waals surface area contributed by atoms with Crippen LogP contribution in [0.2, 0.25) is 0 Å². The number of rotatable bonds is 11. The summed E-state index contributed by atoms with van der Waals surface area (Å²) in [5, 5.41) is 0. The number of methoxy groups -OCH3 is 6. The summed E-state index contributed by atoms with van der Waals surface area (Å²) in [7, 11) is 9.48. The molecule has 1 atom stereocenters. The standard InChI is InChI=1S/C31H35NO8/c1-34-22-8-10-23(11-9-22)40-19-25-24-18-27(36-3)26(35-2)17-21(24)13-14-32(25)30(33)12-7-20-15-28(37-4)31(39-6)29(16-20)38-5/h7-12,15-18,25H,13-14,19H2,1-6H3/b12-7+/t25-/m0/s1. The van der Waals surface area contributed by atoms with Crippen LogP contribution in [0.3, 0.4) is 0 Å². The first kappa shape index (κ1) is 28.5. The molecule has 0 radical (unpaired) electrons. The Morgan fingerprint density at radius 1 is 0.775 bits per heavy atom. The lowest BCUT2D eigenvalue weighted by Crippen LogP contribution is -2.41. The number of hydrogen-bond donors (Lipinski definition) is 0. The van der Waals surface area contributed by atoms with Crippen molar-refractivity contribution < 1.29 is 38.0 Å². The number of benzene rings is 3. The van der Waals surface area contributed by atoms with Gasteiger partial charge in [0.15, 0.2) is 23.0 Å². The normalized spacial score (nSPS) is 14.3. The van der Waals surface area contributed by atoms with Gasteiger partial charge in [0.25, 0.3) is 0 Å². The molecule has 3 aromatic carbocycles. The number of ether oxygens (including phenoxy) is 7. The van der Waals surface area contributed by atoms with Gasteiger partial charge in [0.1, 0.15) is 18.1 Å². The fourth-order valence-electron chi connectivity index (χ4n) is 4.78. The van der Waals surface area contributed by atoms with Gasteiger partial charge < -0.3 is 38.1 Å². The Hall–Kier alpha value is -4.53. The monoisotopic (exact) mass is 549 g/mol. The SMILES string of the molecule is COc1ccc(OC[C@H]2c3cc(OC)c(OC)cc3CCN2C(=O)/C=C/c2cc(OC)c(OC)c(OC)c2)cc1. The van der Waals surface area contributed by atoms with E-state index in [9.17, 15) is 4.79 Å². The number of amides is 1. The zero-order chi connectivity index (χ0) is 28.6. The molecule has 212 valence electrons. The first-order valence-electron chi connectivity index (χ1n) is 12.8. The third-order valence-corrected chi connectivity index (χ3v) is 6.86. The van der Waals surface area contributed by atoms with E-state index in [0.717, 1.165) is 22.4 Å². The Labute approximate surface area is 234 Å². The molecule has 0 spiro atoms. The van der Waals surface area contributed by atoms with Gasteiger partial charge in [0, 0.05) is 12.6 Å². The summed E-state index contributed by atoms with van der Waals surface area (Å²) in [6.07, 6.45) is 3.95. The second-order valence-corrected chi connectivity index (χ2v) is 8.98. The number of carbonyl (C=O) groups excluding carboxylic acids is 1. The molecule has 0 unspecified atom stereocenters. The molecule has 0 fully saturated rings. The molecule has 1 aliphatic heterocycles. The molecule has 0 bridgehead atoms. The summed E-state index contributed by atoms with van der Waals surface area (Å²) >= 11 is 0. The zero-order valence-electron chi connectivity index (χ0n) is 23.7. The van der Waals surface area contributed by atoms with E-state index < -0.39 is 0 Å². The topological polar surface area (TPSA) is 84.9 Å². The summed E-state index contributed by atoms with van der Waals surface area (Å²) in [6.45, 7) is 0.760. The predicted molar refractivity (Wildman–Crippen MR) is 151 cm³/mol. The fraction of sp³-hybridized carbons (Fsp3) is 0.323. The van der Waals surface area contributed by atoms with Crippen molar-refractivity contribution in [2.24, 2.45) is 0 Å². The highest BCUT2D eigenvalue weighted by molar-refractivity contribution is 5.92. The Bertz CT molecular complexity index is 1330. The maximum atomic E-state index is 13.6. The fourth-order valence-corrected chi connectivity index (χ4v) is 4.78. The molecule has 9 heteroatoms. The summed E-state index contributed by atoms with van der Waals surface area (Å²) < 4.78 is 38.8. The lowest BCUT2D eigenvalue weighted by Gasteiger charge is -2.37. The minimum atomic E-state index is -0.359. The lowest BCUT2D eigenvalue weighted by atomic mass is 9.92. The van der Waals surface area contributed by atoms with Crippen molar-refractivity contribution in [2.45, 2.75) is 12.5 Å². The van der Waals surface area contributed by atoms with Crippen molar-refractivity contribution >= 4 is 12.0 Å². The van der Waals surface area contributed by atoms with Crippen LogP contribution in [0.4, 0.5) is 0 Å². The van der Waals surface area contributed by atoms with Gasteiger partial charge in [0.2, 0.25) is 11.7 Å². The van der Waals surface area contributed by atoms with Crippen LogP contribution >= 0.6 is 0 Å². The average Bonchev–Trinajstić information content (AvgIpc) is 3.01. The van der Waals surface area contributed by atoms with Gasteiger partial charge in [-0.15, -0.1) is 0 Å². The maximum absolute atomic E-state index is 13.6. The van der Waals surface area contributed by atoms with Gasteiger partial charge >= 0.3 is 0 Å². The molecule has 0 aliphatic carbocycles. The third-order valence-electron chi connectivity index (χ3n) is 6.86. The molecule has 3 aromatic rings. The van der Waals surface area contributed by atoms with Crippen molar-refractivity contribution in [1.29, 1.82) is 0 Å². The van der Waals surface area contributed by atoms with E-state index in [0.29, 0.717) is 47.5 Å². The van der Waals surface area contributed by atoms with Crippen LogP contribution in [0.1, 0.15) is 22.7 Å². The number of hydrogen-bond acceptors (Lipinski definition) is 8. The highest BCUT2D eigenvalue weighted by Crippen LogP contribution is 2.40. The van der Waals surface area contributed by atoms with Crippen molar-refractivity contribution in [3.05, 3.63) is 71.3 Å². The van der Waals surface area contributed by atoms with E-state index in [4.69, 9.17) is 33.2 Å². The molecule has 1 aliphatic rings. The summed E-state index contributed by atoms with van der Waals surface area (Å²) in [5.74, 6) is 4.00. The Morgan fingerprint density at radius 2 is 1.38 bits per heavy atom. The van der Waals surface area contributed by atoms with Gasteiger partial charge in [-0.2, -0.15) is 0 Å². The minimum Gasteiger partial charge on any atom is -0.497 e. The first-order chi connectivity index (χ1) is 19.5. The van der Waals surface area contributed by atoms with Crippen molar-refractivity contribution in [1.82, 2.24) is 4.90 Å². The van der Waals surface area contributed by atoms with Gasteiger partial charge in [-0.05, 0) is 77.7 Å². The molecule has 1 heterocycles. The van der Waals surface area contributed by atoms with Crippen molar-refractivity contribution in [3.63, 3.8) is 0 Å². The Kier molecular flexibility index (Phi) is 9.27. The molecule has 0 aromatic heterocycles. The smallest absolute Gasteiger partial charge is 0.247 e. The second kappa shape index (κ2) is 13.0. The molecule has 1 amide bonds. The highest BCUT2D eigenvalue weighted by Gasteiger charge is 2.32. The van der Waals surface area contributed by atoms with E-state index in [2.05, 4.69) is 0 Å². The van der Waals surface area contributed by atoms with E-state index in [1.165, 1.54) is 0 Å². The molecule has 9 nitrogen and oxygen atoms in total. The quantitative estimate of drug-likeness (QED) is 0.311. The van der Waals surface area contributed by atoms with Crippen LogP contribution in [0.5, 0.6) is 40.2 Å². The second-order valence-electron chi connectivity index (χ2n) is 8.98. The summed E-state index contributed by atoms with van der Waals surface area (Å²) in [4.78, 5) is 15.4. The molecule has 0 N–H and O–H groups in total. The molecular weight excluding hydrogens is 514 g/mol. The number of fused-ring (bicyclic) bond motifs is 1. The van der Waals surface area contributed by atoms with Gasteiger partial charge in [0.05, 0.1) is 48.7 Å². The van der Waals surface area contributed by atoms with Crippen LogP contribution in [-0.4, -0.2) is 66.6 Å². The van der Waals surface area contributed by atoms with Crippen LogP contribution in [0.25, 0.3) is 6.08 Å². The largest absolute Gasteiger partial charge is 0.497 e. The number of nitrogens with zero attached hydrogens (tertiary/aromatic N) is 1. The molecule has 0 saturated heterocycles. The van der Waals surface area contributed by atoms with Crippen LogP contribution in [0.15, 0.2) is 54.6 Å². The summed E-state index contributed by atoms with van der Waals surface area (Å²) in [6, 6.07) is 14.5. The van der Waals surface area contributed by atoms with Crippen LogP contribution in [0, 0.1) is 0 Å². The first-order valence-corrected chi connectivity index (χ1v) is 12.8. The highest BCUT2D eigenvalue weighted by atomic mass is 16.5. The van der Waals surface area contributed by atoms with Crippen molar-refractivity contribution in [2.75, 3.05) is 55.8 Å². The third kappa shape index (κ3) is 6.03. The maximum Gasteiger partial charge on any atom is 0.247 e. The molecule has 0 saturated carbocycles. The lowest BCUT2D eigenvalue weighted by molar-refractivity contribution is -0.129.